The summed E-state index contributed by atoms with van der Waals surface area (Å²) < 4.78 is 12.0. The molecule has 2 N–H and O–H groups in total. The van der Waals surface area contributed by atoms with Crippen molar-refractivity contribution in [2.24, 2.45) is 0 Å². The summed E-state index contributed by atoms with van der Waals surface area (Å²) in [6.07, 6.45) is 9.25. The van der Waals surface area contributed by atoms with Crippen LogP contribution in [0, 0.1) is 0 Å². The lowest BCUT2D eigenvalue weighted by molar-refractivity contribution is 0.122. The third-order valence-electron chi connectivity index (χ3n) is 6.59. The van der Waals surface area contributed by atoms with Crippen molar-refractivity contribution in [3.8, 4) is 5.75 Å². The van der Waals surface area contributed by atoms with Gasteiger partial charge in [0.2, 0.25) is 5.28 Å². The average molecular weight is 480 g/mol. The molecule has 0 amide bonds. The Labute approximate surface area is 201 Å². The van der Waals surface area contributed by atoms with Gasteiger partial charge in [-0.1, -0.05) is 0 Å². The molecule has 10 heteroatoms. The SMILES string of the molecule is Clc1nc(N[C@H]2CC[C@@H](Oc3cc(N4CCOCC4)cc4nccnc34)CC2)c2[nH]ccc2n1. The third-order valence-corrected chi connectivity index (χ3v) is 6.76. The average Bonchev–Trinajstić information content (AvgIpc) is 3.34. The van der Waals surface area contributed by atoms with Crippen molar-refractivity contribution in [2.75, 3.05) is 36.5 Å². The molecule has 1 saturated heterocycles. The lowest BCUT2D eigenvalue weighted by Crippen LogP contribution is -2.36. The molecule has 6 rings (SSSR count). The lowest BCUT2D eigenvalue weighted by atomic mass is 9.93. The first-order chi connectivity index (χ1) is 16.7. The molecule has 0 bridgehead atoms. The summed E-state index contributed by atoms with van der Waals surface area (Å²) in [5, 5.41) is 3.80. The fourth-order valence-corrected chi connectivity index (χ4v) is 5.02. The van der Waals surface area contributed by atoms with Crippen LogP contribution in [0.15, 0.2) is 36.8 Å². The van der Waals surface area contributed by atoms with E-state index in [-0.39, 0.29) is 11.4 Å². The van der Waals surface area contributed by atoms with Gasteiger partial charge in [0, 0.05) is 49.5 Å². The van der Waals surface area contributed by atoms with E-state index in [0.717, 1.165) is 91.3 Å². The number of morpholine rings is 1. The molecule has 1 aliphatic carbocycles. The van der Waals surface area contributed by atoms with E-state index in [2.05, 4.69) is 47.3 Å². The number of rotatable bonds is 5. The zero-order chi connectivity index (χ0) is 22.9. The number of anilines is 2. The molecular weight excluding hydrogens is 454 g/mol. The van der Waals surface area contributed by atoms with E-state index in [9.17, 15) is 0 Å². The predicted molar refractivity (Wildman–Crippen MR) is 132 cm³/mol. The first kappa shape index (κ1) is 21.4. The standard InChI is InChI=1S/C24H26ClN7O2/c25-24-30-18-5-6-27-22(18)23(31-24)29-15-1-3-17(4-2-15)34-20-14-16(32-9-11-33-12-10-32)13-19-21(20)28-8-7-26-19/h5-8,13-15,17,27H,1-4,9-12H2,(H,29,30,31)/t15-,17+. The van der Waals surface area contributed by atoms with E-state index in [0.29, 0.717) is 6.04 Å². The molecule has 3 aromatic heterocycles. The number of nitrogens with zero attached hydrogens (tertiary/aromatic N) is 5. The Kier molecular flexibility index (Phi) is 5.80. The molecule has 4 aromatic rings. The number of H-pyrrole nitrogens is 1. The van der Waals surface area contributed by atoms with E-state index >= 15 is 0 Å². The van der Waals surface area contributed by atoms with Crippen molar-refractivity contribution in [3.63, 3.8) is 0 Å². The smallest absolute Gasteiger partial charge is 0.225 e. The number of aromatic nitrogens is 5. The minimum atomic E-state index is 0.127. The Balaban J connectivity index is 1.16. The second-order valence-corrected chi connectivity index (χ2v) is 9.12. The van der Waals surface area contributed by atoms with Crippen molar-refractivity contribution in [1.82, 2.24) is 24.9 Å². The highest BCUT2D eigenvalue weighted by atomic mass is 35.5. The number of fused-ring (bicyclic) bond motifs is 2. The van der Waals surface area contributed by atoms with E-state index < -0.39 is 0 Å². The predicted octanol–water partition coefficient (Wildman–Crippen LogP) is 4.19. The Morgan fingerprint density at radius 1 is 1.03 bits per heavy atom. The highest BCUT2D eigenvalue weighted by molar-refractivity contribution is 6.28. The minimum absolute atomic E-state index is 0.127. The van der Waals surface area contributed by atoms with Crippen molar-refractivity contribution in [3.05, 3.63) is 42.1 Å². The second-order valence-electron chi connectivity index (χ2n) is 8.78. The summed E-state index contributed by atoms with van der Waals surface area (Å²) in [6.45, 7) is 3.20. The molecule has 2 fully saturated rings. The number of ether oxygens (including phenoxy) is 2. The fraction of sp³-hybridized carbons (Fsp3) is 0.417. The number of halogens is 1. The summed E-state index contributed by atoms with van der Waals surface area (Å²) in [4.78, 5) is 23.3. The Bertz CT molecular complexity index is 1300. The summed E-state index contributed by atoms with van der Waals surface area (Å²) in [7, 11) is 0. The first-order valence-corrected chi connectivity index (χ1v) is 12.1. The van der Waals surface area contributed by atoms with Crippen LogP contribution in [-0.4, -0.2) is 63.4 Å². The molecule has 0 radical (unpaired) electrons. The molecule has 9 nitrogen and oxygen atoms in total. The normalized spacial score (nSPS) is 21.1. The van der Waals surface area contributed by atoms with Crippen LogP contribution in [0.5, 0.6) is 5.75 Å². The van der Waals surface area contributed by atoms with E-state index in [1.54, 1.807) is 12.4 Å². The van der Waals surface area contributed by atoms with Crippen LogP contribution >= 0.6 is 11.6 Å². The number of aromatic amines is 1. The largest absolute Gasteiger partial charge is 0.488 e. The highest BCUT2D eigenvalue weighted by Gasteiger charge is 2.25. The van der Waals surface area contributed by atoms with Crippen LogP contribution in [0.2, 0.25) is 5.28 Å². The van der Waals surface area contributed by atoms with Gasteiger partial charge in [0.25, 0.3) is 0 Å². The molecule has 1 aromatic carbocycles. The molecule has 2 aliphatic rings. The van der Waals surface area contributed by atoms with Crippen molar-refractivity contribution >= 4 is 45.2 Å². The van der Waals surface area contributed by atoms with Gasteiger partial charge < -0.3 is 24.7 Å². The minimum Gasteiger partial charge on any atom is -0.488 e. The fourth-order valence-electron chi connectivity index (χ4n) is 4.84. The Hall–Kier alpha value is -3.17. The van der Waals surface area contributed by atoms with Gasteiger partial charge in [0.1, 0.15) is 16.8 Å². The maximum absolute atomic E-state index is 6.53. The summed E-state index contributed by atoms with van der Waals surface area (Å²) in [6, 6.07) is 6.40. The molecule has 4 heterocycles. The number of hydrogen-bond acceptors (Lipinski definition) is 8. The molecule has 0 atom stereocenters. The Morgan fingerprint density at radius 3 is 2.71 bits per heavy atom. The van der Waals surface area contributed by atoms with Gasteiger partial charge in [-0.2, -0.15) is 4.98 Å². The van der Waals surface area contributed by atoms with Gasteiger partial charge in [0.15, 0.2) is 5.82 Å². The summed E-state index contributed by atoms with van der Waals surface area (Å²) in [5.41, 5.74) is 4.47. The molecular formula is C24H26ClN7O2. The van der Waals surface area contributed by atoms with E-state index in [1.807, 2.05) is 12.3 Å². The molecule has 34 heavy (non-hydrogen) atoms. The van der Waals surface area contributed by atoms with Crippen LogP contribution in [0.25, 0.3) is 22.1 Å². The van der Waals surface area contributed by atoms with Gasteiger partial charge in [-0.15, -0.1) is 0 Å². The summed E-state index contributed by atoms with van der Waals surface area (Å²) in [5.74, 6) is 1.56. The monoisotopic (exact) mass is 479 g/mol. The first-order valence-electron chi connectivity index (χ1n) is 11.7. The quantitative estimate of drug-likeness (QED) is 0.411. The van der Waals surface area contributed by atoms with Gasteiger partial charge >= 0.3 is 0 Å². The van der Waals surface area contributed by atoms with Gasteiger partial charge in [-0.3, -0.25) is 4.98 Å². The molecule has 1 saturated carbocycles. The van der Waals surface area contributed by atoms with E-state index in [1.165, 1.54) is 0 Å². The number of hydrogen-bond donors (Lipinski definition) is 2. The van der Waals surface area contributed by atoms with Gasteiger partial charge in [-0.25, -0.2) is 9.97 Å². The van der Waals surface area contributed by atoms with Gasteiger partial charge in [0.05, 0.1) is 30.4 Å². The highest BCUT2D eigenvalue weighted by Crippen LogP contribution is 2.33. The van der Waals surface area contributed by atoms with E-state index in [4.69, 9.17) is 21.1 Å². The second kappa shape index (κ2) is 9.23. The maximum Gasteiger partial charge on any atom is 0.225 e. The van der Waals surface area contributed by atoms with Crippen LogP contribution in [-0.2, 0) is 4.74 Å². The van der Waals surface area contributed by atoms with Crippen LogP contribution in [0.4, 0.5) is 11.5 Å². The van der Waals surface area contributed by atoms with Crippen molar-refractivity contribution in [1.29, 1.82) is 0 Å². The van der Waals surface area contributed by atoms with Crippen LogP contribution in [0.1, 0.15) is 25.7 Å². The molecule has 0 unspecified atom stereocenters. The van der Waals surface area contributed by atoms with Crippen LogP contribution < -0.4 is 15.0 Å². The molecule has 0 spiro atoms. The zero-order valence-corrected chi connectivity index (χ0v) is 19.5. The summed E-state index contributed by atoms with van der Waals surface area (Å²) >= 11 is 6.11. The maximum atomic E-state index is 6.53. The van der Waals surface area contributed by atoms with Gasteiger partial charge in [-0.05, 0) is 49.4 Å². The van der Waals surface area contributed by atoms with Crippen LogP contribution in [0.3, 0.4) is 0 Å². The Morgan fingerprint density at radius 2 is 1.85 bits per heavy atom. The molecule has 1 aliphatic heterocycles. The number of nitrogens with one attached hydrogen (secondary N) is 2. The zero-order valence-electron chi connectivity index (χ0n) is 18.7. The third kappa shape index (κ3) is 4.33. The lowest BCUT2D eigenvalue weighted by Gasteiger charge is -2.31. The topological polar surface area (TPSA) is 101 Å². The molecule has 176 valence electrons. The van der Waals surface area contributed by atoms with Crippen molar-refractivity contribution in [2.45, 2.75) is 37.8 Å². The number of benzene rings is 1. The van der Waals surface area contributed by atoms with Crippen molar-refractivity contribution < 1.29 is 9.47 Å².